The molecule has 1 amide bonds. The van der Waals surface area contributed by atoms with E-state index in [1.54, 1.807) is 0 Å². The van der Waals surface area contributed by atoms with Crippen LogP contribution in [0.1, 0.15) is 30.0 Å². The van der Waals surface area contributed by atoms with E-state index in [1.165, 1.54) is 5.56 Å². The highest BCUT2D eigenvalue weighted by Crippen LogP contribution is 2.22. The molecular weight excluding hydrogens is 252 g/mol. The van der Waals surface area contributed by atoms with Gasteiger partial charge in [-0.25, -0.2) is 0 Å². The lowest BCUT2D eigenvalue weighted by Gasteiger charge is -2.35. The zero-order valence-electron chi connectivity index (χ0n) is 12.1. The lowest BCUT2D eigenvalue weighted by atomic mass is 10.1. The maximum Gasteiger partial charge on any atom is 0.289 e. The van der Waals surface area contributed by atoms with Crippen molar-refractivity contribution >= 4 is 16.9 Å². The number of hydrogen-bond acceptors (Lipinski definition) is 3. The topological polar surface area (TPSA) is 45.5 Å². The van der Waals surface area contributed by atoms with Gasteiger partial charge in [-0.15, -0.1) is 0 Å². The molecule has 1 aromatic heterocycles. The maximum absolute atomic E-state index is 12.5. The molecule has 0 bridgehead atoms. The fourth-order valence-corrected chi connectivity index (χ4v) is 2.92. The van der Waals surface area contributed by atoms with Crippen LogP contribution in [-0.4, -0.2) is 36.0 Å². The van der Waals surface area contributed by atoms with Gasteiger partial charge in [0.05, 0.1) is 0 Å². The summed E-state index contributed by atoms with van der Waals surface area (Å²) < 4.78 is 5.70. The Morgan fingerprint density at radius 3 is 2.65 bits per heavy atom. The third kappa shape index (κ3) is 2.43. The summed E-state index contributed by atoms with van der Waals surface area (Å²) >= 11 is 0. The van der Waals surface area contributed by atoms with Crippen LogP contribution in [0.4, 0.5) is 0 Å². The molecule has 4 nitrogen and oxygen atoms in total. The van der Waals surface area contributed by atoms with Crippen molar-refractivity contribution in [2.24, 2.45) is 0 Å². The van der Waals surface area contributed by atoms with E-state index in [-0.39, 0.29) is 5.91 Å². The average Bonchev–Trinajstić information content (AvgIpc) is 2.79. The largest absolute Gasteiger partial charge is 0.451 e. The number of fused-ring (bicyclic) bond motifs is 1. The average molecular weight is 272 g/mol. The summed E-state index contributed by atoms with van der Waals surface area (Å²) in [4.78, 5) is 14.4. The molecule has 0 saturated carbocycles. The number of amides is 1. The van der Waals surface area contributed by atoms with E-state index in [9.17, 15) is 4.79 Å². The number of hydrogen-bond donors (Lipinski definition) is 1. The van der Waals surface area contributed by atoms with Gasteiger partial charge in [-0.2, -0.15) is 0 Å². The zero-order valence-corrected chi connectivity index (χ0v) is 12.1. The summed E-state index contributed by atoms with van der Waals surface area (Å²) in [6.07, 6.45) is 0. The van der Waals surface area contributed by atoms with Gasteiger partial charge in [0.15, 0.2) is 5.76 Å². The molecule has 1 saturated heterocycles. The molecule has 4 heteroatoms. The van der Waals surface area contributed by atoms with E-state index >= 15 is 0 Å². The molecule has 1 N–H and O–H groups in total. The molecule has 1 aliphatic rings. The van der Waals surface area contributed by atoms with Crippen LogP contribution in [-0.2, 0) is 0 Å². The number of piperazine rings is 1. The third-order valence-electron chi connectivity index (χ3n) is 3.73. The minimum Gasteiger partial charge on any atom is -0.451 e. The first-order valence-electron chi connectivity index (χ1n) is 7.08. The number of carbonyl (C=O) groups is 1. The predicted molar refractivity (Wildman–Crippen MR) is 78.9 cm³/mol. The van der Waals surface area contributed by atoms with Gasteiger partial charge in [0.2, 0.25) is 0 Å². The van der Waals surface area contributed by atoms with Crippen LogP contribution in [0.3, 0.4) is 0 Å². The van der Waals surface area contributed by atoms with Crippen LogP contribution in [0.25, 0.3) is 11.0 Å². The van der Waals surface area contributed by atoms with E-state index in [1.807, 2.05) is 36.1 Å². The summed E-state index contributed by atoms with van der Waals surface area (Å²) in [6, 6.07) is 8.43. The molecule has 1 aliphatic heterocycles. The first-order chi connectivity index (χ1) is 9.52. The van der Waals surface area contributed by atoms with Gasteiger partial charge >= 0.3 is 0 Å². The fourth-order valence-electron chi connectivity index (χ4n) is 2.92. The molecule has 106 valence electrons. The Morgan fingerprint density at radius 1 is 1.25 bits per heavy atom. The first kappa shape index (κ1) is 13.2. The van der Waals surface area contributed by atoms with Crippen molar-refractivity contribution < 1.29 is 9.21 Å². The number of rotatable bonds is 1. The van der Waals surface area contributed by atoms with Gasteiger partial charge in [-0.3, -0.25) is 4.79 Å². The van der Waals surface area contributed by atoms with Crippen molar-refractivity contribution in [3.63, 3.8) is 0 Å². The minimum atomic E-state index is -0.0148. The molecule has 20 heavy (non-hydrogen) atoms. The zero-order chi connectivity index (χ0) is 14.3. The summed E-state index contributed by atoms with van der Waals surface area (Å²) in [5.41, 5.74) is 1.94. The van der Waals surface area contributed by atoms with Gasteiger partial charge < -0.3 is 14.6 Å². The van der Waals surface area contributed by atoms with Gasteiger partial charge in [-0.1, -0.05) is 11.6 Å². The van der Waals surface area contributed by atoms with Crippen molar-refractivity contribution in [3.05, 3.63) is 35.6 Å². The standard InChI is InChI=1S/C16H20N2O2/c1-10-4-5-14-13(6-10)7-15(20-14)16(19)18-8-11(2)17-12(3)9-18/h4-7,11-12,17H,8-9H2,1-3H3. The lowest BCUT2D eigenvalue weighted by Crippen LogP contribution is -2.55. The fraction of sp³-hybridized carbons (Fsp3) is 0.438. The highest BCUT2D eigenvalue weighted by Gasteiger charge is 2.27. The molecule has 2 heterocycles. The monoisotopic (exact) mass is 272 g/mol. The molecule has 0 spiro atoms. The van der Waals surface area contributed by atoms with Crippen LogP contribution in [0.2, 0.25) is 0 Å². The third-order valence-corrected chi connectivity index (χ3v) is 3.73. The Balaban J connectivity index is 1.88. The second-order valence-corrected chi connectivity index (χ2v) is 5.83. The van der Waals surface area contributed by atoms with Gasteiger partial charge in [0, 0.05) is 30.6 Å². The molecule has 1 aromatic carbocycles. The summed E-state index contributed by atoms with van der Waals surface area (Å²) in [7, 11) is 0. The van der Waals surface area contributed by atoms with E-state index in [4.69, 9.17) is 4.42 Å². The number of carbonyl (C=O) groups excluding carboxylic acids is 1. The Hall–Kier alpha value is -1.81. The molecule has 2 unspecified atom stereocenters. The summed E-state index contributed by atoms with van der Waals surface area (Å²) in [5.74, 6) is 0.422. The number of furan rings is 1. The van der Waals surface area contributed by atoms with Gasteiger partial charge in [0.1, 0.15) is 5.58 Å². The van der Waals surface area contributed by atoms with E-state index in [0.717, 1.165) is 24.1 Å². The number of benzene rings is 1. The Morgan fingerprint density at radius 2 is 1.95 bits per heavy atom. The SMILES string of the molecule is Cc1ccc2oc(C(=O)N3CC(C)NC(C)C3)cc2c1. The van der Waals surface area contributed by atoms with Crippen LogP contribution in [0.15, 0.2) is 28.7 Å². The van der Waals surface area contributed by atoms with Crippen molar-refractivity contribution in [2.45, 2.75) is 32.9 Å². The molecule has 2 aromatic rings. The van der Waals surface area contributed by atoms with Crippen LogP contribution < -0.4 is 5.32 Å². The Labute approximate surface area is 118 Å². The molecule has 1 fully saturated rings. The number of aryl methyl sites for hydroxylation is 1. The molecule has 0 aliphatic carbocycles. The molecule has 2 atom stereocenters. The van der Waals surface area contributed by atoms with Crippen molar-refractivity contribution in [2.75, 3.05) is 13.1 Å². The van der Waals surface area contributed by atoms with Crippen LogP contribution in [0, 0.1) is 6.92 Å². The Bertz CT molecular complexity index is 637. The predicted octanol–water partition coefficient (Wildman–Crippen LogP) is 2.56. The minimum absolute atomic E-state index is 0.0148. The summed E-state index contributed by atoms with van der Waals surface area (Å²) in [5, 5.41) is 4.42. The molecular formula is C16H20N2O2. The highest BCUT2D eigenvalue weighted by atomic mass is 16.3. The quantitative estimate of drug-likeness (QED) is 0.868. The van der Waals surface area contributed by atoms with Crippen molar-refractivity contribution in [3.8, 4) is 0 Å². The van der Waals surface area contributed by atoms with E-state index in [2.05, 4.69) is 19.2 Å². The second kappa shape index (κ2) is 4.94. The van der Waals surface area contributed by atoms with Crippen LogP contribution in [0.5, 0.6) is 0 Å². The first-order valence-corrected chi connectivity index (χ1v) is 7.08. The van der Waals surface area contributed by atoms with E-state index in [0.29, 0.717) is 17.8 Å². The normalized spacial score (nSPS) is 23.2. The number of nitrogens with one attached hydrogen (secondary N) is 1. The molecule has 0 radical (unpaired) electrons. The van der Waals surface area contributed by atoms with Crippen molar-refractivity contribution in [1.82, 2.24) is 10.2 Å². The number of nitrogens with zero attached hydrogens (tertiary/aromatic N) is 1. The van der Waals surface area contributed by atoms with Gasteiger partial charge in [0.25, 0.3) is 5.91 Å². The maximum atomic E-state index is 12.5. The highest BCUT2D eigenvalue weighted by molar-refractivity contribution is 5.96. The van der Waals surface area contributed by atoms with Gasteiger partial charge in [-0.05, 0) is 39.0 Å². The van der Waals surface area contributed by atoms with Crippen LogP contribution >= 0.6 is 0 Å². The second-order valence-electron chi connectivity index (χ2n) is 5.83. The van der Waals surface area contributed by atoms with E-state index < -0.39 is 0 Å². The Kier molecular flexibility index (Phi) is 3.26. The van der Waals surface area contributed by atoms with Crippen molar-refractivity contribution in [1.29, 1.82) is 0 Å². The smallest absolute Gasteiger partial charge is 0.289 e. The molecule has 3 rings (SSSR count). The lowest BCUT2D eigenvalue weighted by molar-refractivity contribution is 0.0644. The summed E-state index contributed by atoms with van der Waals surface area (Å²) in [6.45, 7) is 7.67.